The predicted molar refractivity (Wildman–Crippen MR) is 145 cm³/mol. The first-order chi connectivity index (χ1) is 18.1. The standard InChI is InChI=1S/C30H37NO6/c1-33-27-10-5-9-25(30(27)35-3)21-24-8-4-7-23(29(24)32)19-22-11-12-26(28(20-22)34-2)37-16-6-13-31-14-17-36-18-15-31/h5,9-12,19-21H,4,6-8,13-18H2,1-3H3/b23-19+,24-21+. The highest BCUT2D eigenvalue weighted by Gasteiger charge is 2.22. The van der Waals surface area contributed by atoms with E-state index in [2.05, 4.69) is 4.90 Å². The number of ether oxygens (including phenoxy) is 5. The number of hydrogen-bond acceptors (Lipinski definition) is 7. The summed E-state index contributed by atoms with van der Waals surface area (Å²) in [4.78, 5) is 15.7. The molecule has 4 rings (SSSR count). The van der Waals surface area contributed by atoms with Gasteiger partial charge in [-0.05, 0) is 61.6 Å². The number of para-hydroxylation sites is 1. The molecule has 7 heteroatoms. The third-order valence-electron chi connectivity index (χ3n) is 6.75. The third-order valence-corrected chi connectivity index (χ3v) is 6.75. The second kappa shape index (κ2) is 13.3. The maximum Gasteiger partial charge on any atom is 0.185 e. The number of allylic oxidation sites excluding steroid dienone is 2. The van der Waals surface area contributed by atoms with Crippen molar-refractivity contribution in [3.05, 3.63) is 58.7 Å². The van der Waals surface area contributed by atoms with E-state index in [1.165, 1.54) is 0 Å². The van der Waals surface area contributed by atoms with Gasteiger partial charge in [-0.3, -0.25) is 9.69 Å². The maximum absolute atomic E-state index is 13.3. The lowest BCUT2D eigenvalue weighted by Crippen LogP contribution is -2.37. The molecule has 2 fully saturated rings. The van der Waals surface area contributed by atoms with Gasteiger partial charge in [0.15, 0.2) is 28.8 Å². The summed E-state index contributed by atoms with van der Waals surface area (Å²) in [6, 6.07) is 11.5. The highest BCUT2D eigenvalue weighted by atomic mass is 16.5. The van der Waals surface area contributed by atoms with Gasteiger partial charge in [0.25, 0.3) is 0 Å². The molecule has 0 atom stereocenters. The molecule has 1 aliphatic heterocycles. The summed E-state index contributed by atoms with van der Waals surface area (Å²) in [6.07, 6.45) is 7.21. The number of morpholine rings is 1. The Kier molecular flexibility index (Phi) is 9.63. The molecular weight excluding hydrogens is 470 g/mol. The second-order valence-corrected chi connectivity index (χ2v) is 9.17. The lowest BCUT2D eigenvalue weighted by molar-refractivity contribution is -0.112. The number of Topliss-reactive ketones (excluding diaryl/α,β-unsaturated/α-hetero) is 1. The lowest BCUT2D eigenvalue weighted by atomic mass is 9.86. The first kappa shape index (κ1) is 26.8. The van der Waals surface area contributed by atoms with E-state index in [4.69, 9.17) is 23.7 Å². The summed E-state index contributed by atoms with van der Waals surface area (Å²) in [5.41, 5.74) is 3.32. The zero-order valence-corrected chi connectivity index (χ0v) is 22.1. The summed E-state index contributed by atoms with van der Waals surface area (Å²) in [6.45, 7) is 5.19. The van der Waals surface area contributed by atoms with Crippen LogP contribution >= 0.6 is 0 Å². The third kappa shape index (κ3) is 6.93. The topological polar surface area (TPSA) is 66.5 Å². The van der Waals surface area contributed by atoms with Gasteiger partial charge in [0.05, 0.1) is 41.2 Å². The predicted octanol–water partition coefficient (Wildman–Crippen LogP) is 5.03. The summed E-state index contributed by atoms with van der Waals surface area (Å²) in [7, 11) is 4.86. The van der Waals surface area contributed by atoms with Gasteiger partial charge < -0.3 is 23.7 Å². The number of rotatable bonds is 10. The minimum Gasteiger partial charge on any atom is -0.493 e. The maximum atomic E-state index is 13.3. The fourth-order valence-corrected chi connectivity index (χ4v) is 4.78. The molecule has 0 unspecified atom stereocenters. The van der Waals surface area contributed by atoms with E-state index in [1.54, 1.807) is 21.3 Å². The van der Waals surface area contributed by atoms with Crippen LogP contribution in [0, 0.1) is 0 Å². The molecule has 0 bridgehead atoms. The van der Waals surface area contributed by atoms with Gasteiger partial charge in [-0.15, -0.1) is 0 Å². The van der Waals surface area contributed by atoms with Gasteiger partial charge in [0.2, 0.25) is 0 Å². The molecule has 2 aromatic carbocycles. The van der Waals surface area contributed by atoms with Crippen LogP contribution in [-0.4, -0.2) is 71.5 Å². The highest BCUT2D eigenvalue weighted by Crippen LogP contribution is 2.35. The van der Waals surface area contributed by atoms with Crippen molar-refractivity contribution in [2.45, 2.75) is 25.7 Å². The van der Waals surface area contributed by atoms with E-state index < -0.39 is 0 Å². The number of carbonyl (C=O) groups is 1. The summed E-state index contributed by atoms with van der Waals surface area (Å²) < 4.78 is 27.9. The van der Waals surface area contributed by atoms with Crippen molar-refractivity contribution in [1.82, 2.24) is 4.90 Å². The van der Waals surface area contributed by atoms with E-state index in [9.17, 15) is 4.79 Å². The molecule has 198 valence electrons. The van der Waals surface area contributed by atoms with Crippen LogP contribution in [0.1, 0.15) is 36.8 Å². The number of hydrogen-bond donors (Lipinski definition) is 0. The van der Waals surface area contributed by atoms with Gasteiger partial charge in [-0.1, -0.05) is 18.2 Å². The van der Waals surface area contributed by atoms with Crippen LogP contribution in [0.4, 0.5) is 0 Å². The first-order valence-electron chi connectivity index (χ1n) is 12.9. The number of benzene rings is 2. The van der Waals surface area contributed by atoms with Gasteiger partial charge in [0, 0.05) is 36.3 Å². The number of carbonyl (C=O) groups excluding carboxylic acids is 1. The number of nitrogens with zero attached hydrogens (tertiary/aromatic N) is 1. The average Bonchev–Trinajstić information content (AvgIpc) is 2.94. The molecular formula is C30H37NO6. The Morgan fingerprint density at radius 2 is 1.65 bits per heavy atom. The summed E-state index contributed by atoms with van der Waals surface area (Å²) in [5, 5.41) is 0. The number of ketones is 1. The molecule has 0 radical (unpaired) electrons. The molecule has 7 nitrogen and oxygen atoms in total. The van der Waals surface area contributed by atoms with Crippen LogP contribution in [0.2, 0.25) is 0 Å². The molecule has 0 spiro atoms. The van der Waals surface area contributed by atoms with Crippen LogP contribution in [0.3, 0.4) is 0 Å². The Balaban J connectivity index is 1.44. The minimum absolute atomic E-state index is 0.0681. The molecule has 1 aliphatic carbocycles. The summed E-state index contributed by atoms with van der Waals surface area (Å²) in [5.74, 6) is 2.73. The van der Waals surface area contributed by atoms with Crippen LogP contribution in [0.15, 0.2) is 47.5 Å². The molecule has 0 amide bonds. The molecule has 1 saturated carbocycles. The van der Waals surface area contributed by atoms with Crippen molar-refractivity contribution in [2.75, 3.05) is 60.8 Å². The molecule has 37 heavy (non-hydrogen) atoms. The first-order valence-corrected chi connectivity index (χ1v) is 12.9. The van der Waals surface area contributed by atoms with Crippen molar-refractivity contribution < 1.29 is 28.5 Å². The minimum atomic E-state index is 0.0681. The Labute approximate surface area is 219 Å². The molecule has 0 aromatic heterocycles. The van der Waals surface area contributed by atoms with Crippen LogP contribution in [0.5, 0.6) is 23.0 Å². The Morgan fingerprint density at radius 1 is 0.892 bits per heavy atom. The zero-order chi connectivity index (χ0) is 26.0. The smallest absolute Gasteiger partial charge is 0.185 e. The van der Waals surface area contributed by atoms with E-state index >= 15 is 0 Å². The fourth-order valence-electron chi connectivity index (χ4n) is 4.78. The normalized spacial score (nSPS) is 18.7. The van der Waals surface area contributed by atoms with Crippen molar-refractivity contribution in [2.24, 2.45) is 0 Å². The Morgan fingerprint density at radius 3 is 2.38 bits per heavy atom. The van der Waals surface area contributed by atoms with Gasteiger partial charge in [0.1, 0.15) is 0 Å². The van der Waals surface area contributed by atoms with Crippen molar-refractivity contribution >= 4 is 17.9 Å². The molecule has 1 saturated heterocycles. The summed E-state index contributed by atoms with van der Waals surface area (Å²) >= 11 is 0. The van der Waals surface area contributed by atoms with Crippen molar-refractivity contribution in [3.63, 3.8) is 0 Å². The largest absolute Gasteiger partial charge is 0.493 e. The van der Waals surface area contributed by atoms with E-state index in [0.717, 1.165) is 80.8 Å². The van der Waals surface area contributed by atoms with Crippen LogP contribution in [0.25, 0.3) is 12.2 Å². The van der Waals surface area contributed by atoms with Gasteiger partial charge >= 0.3 is 0 Å². The fraction of sp³-hybridized carbons (Fsp3) is 0.433. The zero-order valence-electron chi connectivity index (χ0n) is 22.1. The van der Waals surface area contributed by atoms with Crippen molar-refractivity contribution in [3.8, 4) is 23.0 Å². The Bertz CT molecular complexity index is 1130. The highest BCUT2D eigenvalue weighted by molar-refractivity contribution is 6.14. The molecule has 0 N–H and O–H groups in total. The quantitative estimate of drug-likeness (QED) is 0.330. The lowest BCUT2D eigenvalue weighted by Gasteiger charge is -2.26. The molecule has 1 heterocycles. The monoisotopic (exact) mass is 507 g/mol. The van der Waals surface area contributed by atoms with Gasteiger partial charge in [-0.2, -0.15) is 0 Å². The average molecular weight is 508 g/mol. The Hall–Kier alpha value is -3.29. The van der Waals surface area contributed by atoms with Gasteiger partial charge in [-0.25, -0.2) is 0 Å². The molecule has 2 aliphatic rings. The SMILES string of the molecule is COc1cc(/C=C2\CCC/C(=C\c3cccc(OC)c3OC)C2=O)ccc1OCCCN1CCOCC1. The van der Waals surface area contributed by atoms with E-state index in [1.807, 2.05) is 48.6 Å². The van der Waals surface area contributed by atoms with E-state index in [0.29, 0.717) is 29.6 Å². The molecule has 2 aromatic rings. The van der Waals surface area contributed by atoms with Crippen molar-refractivity contribution in [1.29, 1.82) is 0 Å². The van der Waals surface area contributed by atoms with Crippen LogP contribution in [-0.2, 0) is 9.53 Å². The second-order valence-electron chi connectivity index (χ2n) is 9.17. The van der Waals surface area contributed by atoms with E-state index in [-0.39, 0.29) is 5.78 Å². The van der Waals surface area contributed by atoms with Crippen LogP contribution < -0.4 is 18.9 Å². The number of methoxy groups -OCH3 is 3.